The molecule has 1 amide bonds. The van der Waals surface area contributed by atoms with Gasteiger partial charge < -0.3 is 9.64 Å². The Balaban J connectivity index is 1.79. The number of carbonyl (C=O) groups excluding carboxylic acids is 1. The zero-order valence-corrected chi connectivity index (χ0v) is 14.9. The number of ether oxygens (including phenoxy) is 1. The van der Waals surface area contributed by atoms with Crippen LogP contribution in [0.2, 0.25) is 0 Å². The highest BCUT2D eigenvalue weighted by molar-refractivity contribution is 7.88. The van der Waals surface area contributed by atoms with Crippen LogP contribution < -0.4 is 0 Å². The van der Waals surface area contributed by atoms with Gasteiger partial charge in [-0.25, -0.2) is 17.7 Å². The SMILES string of the molecule is COCC12CCN(C(=O)c3cscn3)CC1CN(S(C)(=O)=O)C2. The van der Waals surface area contributed by atoms with Crippen LogP contribution in [0.3, 0.4) is 0 Å². The Labute approximate surface area is 140 Å². The van der Waals surface area contributed by atoms with Gasteiger partial charge >= 0.3 is 0 Å². The predicted molar refractivity (Wildman–Crippen MR) is 86.9 cm³/mol. The van der Waals surface area contributed by atoms with Gasteiger partial charge in [-0.15, -0.1) is 11.3 Å². The summed E-state index contributed by atoms with van der Waals surface area (Å²) >= 11 is 1.40. The lowest BCUT2D eigenvalue weighted by molar-refractivity contribution is 0.00325. The molecule has 0 aliphatic carbocycles. The van der Waals surface area contributed by atoms with Crippen LogP contribution in [0, 0.1) is 11.3 Å². The highest BCUT2D eigenvalue weighted by Crippen LogP contribution is 2.44. The van der Waals surface area contributed by atoms with Crippen molar-refractivity contribution in [3.63, 3.8) is 0 Å². The standard InChI is InChI=1S/C14H21N3O4S2/c1-21-9-14-3-4-16(13(18)12-7-22-10-15-12)5-11(14)6-17(8-14)23(2,19)20/h7,10-11H,3-6,8-9H2,1-2H3. The molecule has 2 aliphatic heterocycles. The first kappa shape index (κ1) is 16.8. The molecule has 0 bridgehead atoms. The fraction of sp³-hybridized carbons (Fsp3) is 0.714. The summed E-state index contributed by atoms with van der Waals surface area (Å²) in [4.78, 5) is 18.4. The third-order valence-electron chi connectivity index (χ3n) is 4.94. The van der Waals surface area contributed by atoms with Crippen LogP contribution in [0.25, 0.3) is 0 Å². The summed E-state index contributed by atoms with van der Waals surface area (Å²) in [6, 6.07) is 0. The van der Waals surface area contributed by atoms with Crippen LogP contribution in [0.4, 0.5) is 0 Å². The molecule has 2 aliphatic rings. The minimum Gasteiger partial charge on any atom is -0.384 e. The van der Waals surface area contributed by atoms with E-state index in [0.29, 0.717) is 38.5 Å². The van der Waals surface area contributed by atoms with Crippen molar-refractivity contribution >= 4 is 27.3 Å². The molecule has 1 aromatic heterocycles. The van der Waals surface area contributed by atoms with Gasteiger partial charge in [-0.05, 0) is 12.3 Å². The Morgan fingerprint density at radius 2 is 2.30 bits per heavy atom. The summed E-state index contributed by atoms with van der Waals surface area (Å²) in [5, 5.41) is 1.75. The smallest absolute Gasteiger partial charge is 0.273 e. The second-order valence-corrected chi connectivity index (χ2v) is 9.12. The monoisotopic (exact) mass is 359 g/mol. The fourth-order valence-corrected chi connectivity index (χ4v) is 5.14. The van der Waals surface area contributed by atoms with E-state index in [1.807, 2.05) is 0 Å². The molecule has 2 fully saturated rings. The maximum absolute atomic E-state index is 12.5. The zero-order chi connectivity index (χ0) is 16.7. The lowest BCUT2D eigenvalue weighted by atomic mass is 9.73. The molecule has 2 unspecified atom stereocenters. The average molecular weight is 359 g/mol. The van der Waals surface area contributed by atoms with Crippen molar-refractivity contribution in [2.24, 2.45) is 11.3 Å². The van der Waals surface area contributed by atoms with Crippen molar-refractivity contribution in [1.82, 2.24) is 14.2 Å². The van der Waals surface area contributed by atoms with E-state index in [-0.39, 0.29) is 17.2 Å². The van der Waals surface area contributed by atoms with Crippen LogP contribution in [-0.2, 0) is 14.8 Å². The molecule has 1 aromatic rings. The van der Waals surface area contributed by atoms with E-state index >= 15 is 0 Å². The molecule has 0 aromatic carbocycles. The van der Waals surface area contributed by atoms with E-state index in [1.54, 1.807) is 22.9 Å². The Morgan fingerprint density at radius 1 is 1.52 bits per heavy atom. The van der Waals surface area contributed by atoms with Crippen molar-refractivity contribution in [3.05, 3.63) is 16.6 Å². The van der Waals surface area contributed by atoms with Gasteiger partial charge in [0.25, 0.3) is 5.91 Å². The minimum atomic E-state index is -3.23. The van der Waals surface area contributed by atoms with Gasteiger partial charge in [0, 0.05) is 44.1 Å². The van der Waals surface area contributed by atoms with Crippen LogP contribution >= 0.6 is 11.3 Å². The van der Waals surface area contributed by atoms with Crippen molar-refractivity contribution in [3.8, 4) is 0 Å². The van der Waals surface area contributed by atoms with Crippen LogP contribution in [0.1, 0.15) is 16.9 Å². The highest BCUT2D eigenvalue weighted by atomic mass is 32.2. The number of thiazole rings is 1. The molecular weight excluding hydrogens is 338 g/mol. The summed E-state index contributed by atoms with van der Waals surface area (Å²) in [6.45, 7) is 2.59. The maximum atomic E-state index is 12.5. The first-order chi connectivity index (χ1) is 10.9. The average Bonchev–Trinajstić information content (AvgIpc) is 3.13. The van der Waals surface area contributed by atoms with Gasteiger partial charge in [0.15, 0.2) is 0 Å². The first-order valence-corrected chi connectivity index (χ1v) is 10.3. The van der Waals surface area contributed by atoms with Gasteiger partial charge in [0.05, 0.1) is 18.4 Å². The Kier molecular flexibility index (Phi) is 4.47. The Hall–Kier alpha value is -1.03. The van der Waals surface area contributed by atoms with E-state index in [1.165, 1.54) is 21.9 Å². The molecular formula is C14H21N3O4S2. The molecule has 2 atom stereocenters. The van der Waals surface area contributed by atoms with Gasteiger partial charge in [-0.2, -0.15) is 0 Å². The number of likely N-dealkylation sites (tertiary alicyclic amines) is 1. The van der Waals surface area contributed by atoms with Crippen LogP contribution in [0.15, 0.2) is 10.9 Å². The molecule has 0 saturated carbocycles. The third-order valence-corrected chi connectivity index (χ3v) is 6.74. The van der Waals surface area contributed by atoms with E-state index < -0.39 is 10.0 Å². The number of aromatic nitrogens is 1. The molecule has 3 heterocycles. The van der Waals surface area contributed by atoms with Gasteiger partial charge in [-0.3, -0.25) is 4.79 Å². The molecule has 3 rings (SSSR count). The number of nitrogens with zero attached hydrogens (tertiary/aromatic N) is 3. The molecule has 23 heavy (non-hydrogen) atoms. The van der Waals surface area contributed by atoms with Gasteiger partial charge in [-0.1, -0.05) is 0 Å². The molecule has 9 heteroatoms. The summed E-state index contributed by atoms with van der Waals surface area (Å²) in [5.41, 5.74) is 1.91. The Morgan fingerprint density at radius 3 is 2.91 bits per heavy atom. The number of amides is 1. The summed E-state index contributed by atoms with van der Waals surface area (Å²) < 4.78 is 30.7. The molecule has 7 nitrogen and oxygen atoms in total. The second-order valence-electron chi connectivity index (χ2n) is 6.42. The number of sulfonamides is 1. The van der Waals surface area contributed by atoms with Gasteiger partial charge in [0.1, 0.15) is 5.69 Å². The normalized spacial score (nSPS) is 28.8. The number of methoxy groups -OCH3 is 1. The fourth-order valence-electron chi connectivity index (χ4n) is 3.67. The molecule has 128 valence electrons. The molecule has 0 N–H and O–H groups in total. The quantitative estimate of drug-likeness (QED) is 0.783. The first-order valence-electron chi connectivity index (χ1n) is 7.47. The second kappa shape index (κ2) is 6.12. The highest BCUT2D eigenvalue weighted by Gasteiger charge is 2.52. The zero-order valence-electron chi connectivity index (χ0n) is 13.3. The van der Waals surface area contributed by atoms with E-state index in [9.17, 15) is 13.2 Å². The topological polar surface area (TPSA) is 79.8 Å². The number of carbonyl (C=O) groups is 1. The van der Waals surface area contributed by atoms with Crippen molar-refractivity contribution in [1.29, 1.82) is 0 Å². The van der Waals surface area contributed by atoms with Crippen molar-refractivity contribution in [2.75, 3.05) is 46.2 Å². The van der Waals surface area contributed by atoms with E-state index in [4.69, 9.17) is 4.74 Å². The van der Waals surface area contributed by atoms with E-state index in [2.05, 4.69) is 4.98 Å². The van der Waals surface area contributed by atoms with Crippen molar-refractivity contribution in [2.45, 2.75) is 6.42 Å². The summed E-state index contributed by atoms with van der Waals surface area (Å²) in [5.74, 6) is 0.0172. The lowest BCUT2D eigenvalue weighted by Gasteiger charge is -2.42. The lowest BCUT2D eigenvalue weighted by Crippen LogP contribution is -2.50. The van der Waals surface area contributed by atoms with E-state index in [0.717, 1.165) is 6.42 Å². The van der Waals surface area contributed by atoms with Gasteiger partial charge in [0.2, 0.25) is 10.0 Å². The summed E-state index contributed by atoms with van der Waals surface area (Å²) in [7, 11) is -1.59. The summed E-state index contributed by atoms with van der Waals surface area (Å²) in [6.07, 6.45) is 1.98. The molecule has 2 saturated heterocycles. The number of piperidine rings is 1. The van der Waals surface area contributed by atoms with Crippen LogP contribution in [0.5, 0.6) is 0 Å². The molecule has 0 radical (unpaired) electrons. The number of hydrogen-bond acceptors (Lipinski definition) is 6. The van der Waals surface area contributed by atoms with Crippen LogP contribution in [-0.4, -0.2) is 74.7 Å². The Bertz CT molecular complexity index is 676. The maximum Gasteiger partial charge on any atom is 0.273 e. The number of fused-ring (bicyclic) bond motifs is 1. The minimum absolute atomic E-state index is 0.0740. The molecule has 0 spiro atoms. The predicted octanol–water partition coefficient (Wildman–Crippen LogP) is 0.513. The van der Waals surface area contributed by atoms with Crippen molar-refractivity contribution < 1.29 is 17.9 Å². The third kappa shape index (κ3) is 3.15. The number of hydrogen-bond donors (Lipinski definition) is 0. The largest absolute Gasteiger partial charge is 0.384 e. The number of rotatable bonds is 4.